The van der Waals surface area contributed by atoms with Crippen molar-refractivity contribution in [3.05, 3.63) is 53.1 Å². The Bertz CT molecular complexity index is 748. The Labute approximate surface area is 147 Å². The van der Waals surface area contributed by atoms with Crippen molar-refractivity contribution in [1.82, 2.24) is 14.9 Å². The maximum absolute atomic E-state index is 13.0. The molecule has 3 rings (SSSR count). The van der Waals surface area contributed by atoms with E-state index in [0.717, 1.165) is 37.2 Å². The summed E-state index contributed by atoms with van der Waals surface area (Å²) >= 11 is 0. The minimum atomic E-state index is -0.265. The molecule has 1 aromatic heterocycles. The second kappa shape index (κ2) is 7.59. The molecule has 0 bridgehead atoms. The monoisotopic (exact) mass is 342 g/mol. The van der Waals surface area contributed by atoms with Gasteiger partial charge in [0.1, 0.15) is 11.5 Å². The van der Waals surface area contributed by atoms with Crippen molar-refractivity contribution >= 4 is 11.9 Å². The van der Waals surface area contributed by atoms with Gasteiger partial charge in [0.15, 0.2) is 0 Å². The number of rotatable bonds is 4. The topological polar surface area (TPSA) is 58.1 Å². The highest BCUT2D eigenvalue weighted by molar-refractivity contribution is 5.92. The predicted molar refractivity (Wildman–Crippen MR) is 94.8 cm³/mol. The third-order valence-corrected chi connectivity index (χ3v) is 4.38. The summed E-state index contributed by atoms with van der Waals surface area (Å²) in [5.41, 5.74) is 2.08. The van der Waals surface area contributed by atoms with E-state index in [1.54, 1.807) is 18.2 Å². The van der Waals surface area contributed by atoms with Crippen LogP contribution in [0.15, 0.2) is 30.3 Å². The minimum absolute atomic E-state index is 0.0399. The van der Waals surface area contributed by atoms with Gasteiger partial charge >= 0.3 is 0 Å². The highest BCUT2D eigenvalue weighted by Crippen LogP contribution is 2.18. The molecule has 1 N–H and O–H groups in total. The number of halogens is 1. The zero-order valence-electron chi connectivity index (χ0n) is 14.6. The van der Waals surface area contributed by atoms with E-state index < -0.39 is 0 Å². The molecule has 1 unspecified atom stereocenters. The van der Waals surface area contributed by atoms with Crippen LogP contribution in [-0.4, -0.2) is 33.9 Å². The second-order valence-corrected chi connectivity index (χ2v) is 6.70. The Hall–Kier alpha value is -2.50. The Kier molecular flexibility index (Phi) is 5.26. The Morgan fingerprint density at radius 1 is 1.32 bits per heavy atom. The van der Waals surface area contributed by atoms with Gasteiger partial charge in [-0.1, -0.05) is 19.1 Å². The van der Waals surface area contributed by atoms with E-state index in [1.165, 1.54) is 12.1 Å². The number of amides is 1. The van der Waals surface area contributed by atoms with E-state index in [2.05, 4.69) is 22.2 Å². The maximum Gasteiger partial charge on any atom is 0.272 e. The number of aromatic nitrogens is 2. The summed E-state index contributed by atoms with van der Waals surface area (Å²) in [6, 6.07) is 7.98. The summed E-state index contributed by atoms with van der Waals surface area (Å²) in [4.78, 5) is 23.3. The van der Waals surface area contributed by atoms with Gasteiger partial charge in [0, 0.05) is 25.3 Å². The fourth-order valence-corrected chi connectivity index (χ4v) is 3.08. The lowest BCUT2D eigenvalue weighted by Gasteiger charge is -2.30. The van der Waals surface area contributed by atoms with Crippen LogP contribution in [0.25, 0.3) is 0 Å². The number of nitrogens with one attached hydrogen (secondary N) is 1. The molecule has 2 heterocycles. The number of piperidine rings is 1. The van der Waals surface area contributed by atoms with E-state index in [4.69, 9.17) is 0 Å². The van der Waals surface area contributed by atoms with E-state index in [-0.39, 0.29) is 11.7 Å². The van der Waals surface area contributed by atoms with Crippen molar-refractivity contribution in [2.45, 2.75) is 33.2 Å². The average molecular weight is 342 g/mol. The zero-order chi connectivity index (χ0) is 17.8. The number of hydrogen-bond acceptors (Lipinski definition) is 4. The number of likely N-dealkylation sites (tertiary alicyclic amines) is 1. The molecule has 1 fully saturated rings. The minimum Gasteiger partial charge on any atom is -0.350 e. The van der Waals surface area contributed by atoms with E-state index in [1.807, 2.05) is 11.8 Å². The molecule has 25 heavy (non-hydrogen) atoms. The van der Waals surface area contributed by atoms with E-state index >= 15 is 0 Å². The van der Waals surface area contributed by atoms with Crippen molar-refractivity contribution in [1.29, 1.82) is 0 Å². The van der Waals surface area contributed by atoms with Crippen molar-refractivity contribution < 1.29 is 9.18 Å². The maximum atomic E-state index is 13.0. The zero-order valence-corrected chi connectivity index (χ0v) is 14.6. The second-order valence-electron chi connectivity index (χ2n) is 6.70. The quantitative estimate of drug-likeness (QED) is 0.925. The molecule has 0 radical (unpaired) electrons. The highest BCUT2D eigenvalue weighted by atomic mass is 19.1. The molecule has 1 aliphatic rings. The summed E-state index contributed by atoms with van der Waals surface area (Å²) in [6.07, 6.45) is 2.20. The molecule has 2 aromatic rings. The van der Waals surface area contributed by atoms with Crippen molar-refractivity contribution in [2.24, 2.45) is 5.92 Å². The number of hydrogen-bond donors (Lipinski definition) is 1. The fraction of sp³-hybridized carbons (Fsp3) is 0.421. The lowest BCUT2D eigenvalue weighted by molar-refractivity contribution is 0.0677. The molecule has 1 amide bonds. The van der Waals surface area contributed by atoms with Crippen LogP contribution in [0.5, 0.6) is 0 Å². The largest absolute Gasteiger partial charge is 0.350 e. The van der Waals surface area contributed by atoms with Crippen LogP contribution >= 0.6 is 0 Å². The number of anilines is 1. The summed E-state index contributed by atoms with van der Waals surface area (Å²) in [7, 11) is 0. The smallest absolute Gasteiger partial charge is 0.272 e. The molecular formula is C19H23FN4O. The molecule has 132 valence electrons. The Morgan fingerprint density at radius 3 is 2.80 bits per heavy atom. The SMILES string of the molecule is Cc1cc(C(=O)N2CCCC(C)C2)nc(NCc2ccc(F)cc2)n1. The van der Waals surface area contributed by atoms with Crippen molar-refractivity contribution in [3.8, 4) is 0 Å². The first-order valence-corrected chi connectivity index (χ1v) is 8.64. The third-order valence-electron chi connectivity index (χ3n) is 4.38. The van der Waals surface area contributed by atoms with Gasteiger partial charge in [-0.3, -0.25) is 4.79 Å². The molecule has 0 aliphatic carbocycles. The normalized spacial score (nSPS) is 17.4. The molecule has 1 saturated heterocycles. The van der Waals surface area contributed by atoms with Crippen LogP contribution in [-0.2, 0) is 6.54 Å². The van der Waals surface area contributed by atoms with Gasteiger partial charge in [-0.05, 0) is 49.4 Å². The molecule has 0 saturated carbocycles. The van der Waals surface area contributed by atoms with Gasteiger partial charge in [-0.15, -0.1) is 0 Å². The van der Waals surface area contributed by atoms with Crippen LogP contribution in [0.1, 0.15) is 41.5 Å². The standard InChI is InChI=1S/C19H23FN4O/c1-13-4-3-9-24(12-13)18(25)17-10-14(2)22-19(23-17)21-11-15-5-7-16(20)8-6-15/h5-8,10,13H,3-4,9,11-12H2,1-2H3,(H,21,22,23). The van der Waals surface area contributed by atoms with Gasteiger partial charge < -0.3 is 10.2 Å². The average Bonchev–Trinajstić information content (AvgIpc) is 2.60. The summed E-state index contributed by atoms with van der Waals surface area (Å²) in [6.45, 7) is 6.05. The third kappa shape index (κ3) is 4.53. The van der Waals surface area contributed by atoms with Gasteiger partial charge in [-0.2, -0.15) is 0 Å². The lowest BCUT2D eigenvalue weighted by atomic mass is 10.00. The highest BCUT2D eigenvalue weighted by Gasteiger charge is 2.23. The summed E-state index contributed by atoms with van der Waals surface area (Å²) in [5, 5.41) is 3.11. The molecule has 0 spiro atoms. The van der Waals surface area contributed by atoms with E-state index in [0.29, 0.717) is 24.1 Å². The number of carbonyl (C=O) groups excluding carboxylic acids is 1. The van der Waals surface area contributed by atoms with Crippen molar-refractivity contribution in [3.63, 3.8) is 0 Å². The van der Waals surface area contributed by atoms with Gasteiger partial charge in [-0.25, -0.2) is 14.4 Å². The predicted octanol–water partition coefficient (Wildman–Crippen LogP) is 3.41. The van der Waals surface area contributed by atoms with E-state index in [9.17, 15) is 9.18 Å². The number of nitrogens with zero attached hydrogens (tertiary/aromatic N) is 3. The first-order valence-electron chi connectivity index (χ1n) is 8.64. The summed E-state index contributed by atoms with van der Waals surface area (Å²) in [5.74, 6) is 0.635. The Balaban J connectivity index is 1.71. The van der Waals surface area contributed by atoms with Gasteiger partial charge in [0.25, 0.3) is 5.91 Å². The number of aryl methyl sites for hydroxylation is 1. The molecule has 5 nitrogen and oxygen atoms in total. The Morgan fingerprint density at radius 2 is 2.08 bits per heavy atom. The fourth-order valence-electron chi connectivity index (χ4n) is 3.08. The van der Waals surface area contributed by atoms with Crippen molar-refractivity contribution in [2.75, 3.05) is 18.4 Å². The van der Waals surface area contributed by atoms with Crippen LogP contribution in [0, 0.1) is 18.7 Å². The first kappa shape index (κ1) is 17.3. The summed E-state index contributed by atoms with van der Waals surface area (Å²) < 4.78 is 13.0. The molecule has 6 heteroatoms. The van der Waals surface area contributed by atoms with Gasteiger partial charge in [0.2, 0.25) is 5.95 Å². The molecule has 1 aliphatic heterocycles. The molecule has 1 aromatic carbocycles. The molecule has 1 atom stereocenters. The molecular weight excluding hydrogens is 319 g/mol. The number of carbonyl (C=O) groups is 1. The number of benzene rings is 1. The van der Waals surface area contributed by atoms with Gasteiger partial charge in [0.05, 0.1) is 0 Å². The van der Waals surface area contributed by atoms with Crippen LogP contribution < -0.4 is 5.32 Å². The van der Waals surface area contributed by atoms with Crippen LogP contribution in [0.2, 0.25) is 0 Å². The lowest BCUT2D eigenvalue weighted by Crippen LogP contribution is -2.39. The first-order chi connectivity index (χ1) is 12.0. The van der Waals surface area contributed by atoms with Crippen LogP contribution in [0.4, 0.5) is 10.3 Å². The van der Waals surface area contributed by atoms with Crippen LogP contribution in [0.3, 0.4) is 0 Å².